The van der Waals surface area contributed by atoms with Crippen molar-refractivity contribution in [3.05, 3.63) is 111 Å². The molecule has 0 radical (unpaired) electrons. The van der Waals surface area contributed by atoms with Crippen molar-refractivity contribution in [2.45, 2.75) is 25.4 Å². The number of carbonyl (C=O) groups is 2. The Morgan fingerprint density at radius 1 is 0.731 bits per heavy atom. The number of halogens is 8. The molecule has 0 unspecified atom stereocenters. The summed E-state index contributed by atoms with van der Waals surface area (Å²) >= 11 is 10.0. The van der Waals surface area contributed by atoms with Crippen LogP contribution >= 0.6 is 77.0 Å². The van der Waals surface area contributed by atoms with E-state index in [9.17, 15) is 32.3 Å². The van der Waals surface area contributed by atoms with Gasteiger partial charge in [0.1, 0.15) is 28.9 Å². The summed E-state index contributed by atoms with van der Waals surface area (Å²) in [5, 5.41) is 14.7. The number of benzene rings is 4. The molecule has 52 heavy (non-hydrogen) atoms. The van der Waals surface area contributed by atoms with Gasteiger partial charge in [0, 0.05) is 13.7 Å². The van der Waals surface area contributed by atoms with Gasteiger partial charge in [-0.2, -0.15) is 0 Å². The van der Waals surface area contributed by atoms with Gasteiger partial charge in [0.2, 0.25) is 0 Å². The van der Waals surface area contributed by atoms with E-state index in [4.69, 9.17) is 14.4 Å². The lowest BCUT2D eigenvalue weighted by Gasteiger charge is -2.16. The fraction of sp³-hybridized carbons (Fsp3) is 0.235. The lowest BCUT2D eigenvalue weighted by Crippen LogP contribution is -2.33. The lowest BCUT2D eigenvalue weighted by molar-refractivity contribution is -0.0566. The van der Waals surface area contributed by atoms with E-state index < -0.39 is 40.7 Å². The highest BCUT2D eigenvalue weighted by Gasteiger charge is 2.45. The zero-order valence-electron chi connectivity index (χ0n) is 27.0. The van der Waals surface area contributed by atoms with Gasteiger partial charge in [-0.15, -0.1) is 0 Å². The Morgan fingerprint density at radius 3 is 1.63 bits per heavy atom. The van der Waals surface area contributed by atoms with Gasteiger partial charge in [-0.3, -0.25) is 19.3 Å². The van der Waals surface area contributed by atoms with Crippen LogP contribution in [0.25, 0.3) is 0 Å². The number of anilines is 4. The van der Waals surface area contributed by atoms with Gasteiger partial charge in [-0.05, 0) is 157 Å². The van der Waals surface area contributed by atoms with E-state index in [2.05, 4.69) is 53.5 Å². The third-order valence-electron chi connectivity index (χ3n) is 7.17. The Kier molecular flexibility index (Phi) is 15.9. The van der Waals surface area contributed by atoms with Gasteiger partial charge >= 0.3 is 0 Å². The SMILES string of the molecule is CCOCCONC(=O)c1cc(Br)c(F)cc1Nc1ccc(I)cc1F.O=C(NOC1(CO)CC1)c1cc(Br)c(F)cc1Nc1ccc(I)cc1F. The second-order valence-electron chi connectivity index (χ2n) is 11.0. The van der Waals surface area contributed by atoms with Crippen LogP contribution in [0.3, 0.4) is 0 Å². The maximum atomic E-state index is 14.1. The van der Waals surface area contributed by atoms with Gasteiger partial charge in [0.15, 0.2) is 0 Å². The van der Waals surface area contributed by atoms with Crippen LogP contribution in [0.1, 0.15) is 40.5 Å². The molecule has 0 spiro atoms. The second-order valence-corrected chi connectivity index (χ2v) is 15.2. The third kappa shape index (κ3) is 12.0. The second kappa shape index (κ2) is 19.6. The highest BCUT2D eigenvalue weighted by Crippen LogP contribution is 2.38. The predicted octanol–water partition coefficient (Wildman–Crippen LogP) is 9.04. The maximum Gasteiger partial charge on any atom is 0.277 e. The summed E-state index contributed by atoms with van der Waals surface area (Å²) in [7, 11) is 0. The Morgan fingerprint density at radius 2 is 1.21 bits per heavy atom. The Bertz CT molecular complexity index is 1930. The molecular formula is C34H30Br2F4I2N4O6. The first kappa shape index (κ1) is 42.1. The quantitative estimate of drug-likeness (QED) is 0.0367. The smallest absolute Gasteiger partial charge is 0.277 e. The number of rotatable bonds is 14. The topological polar surface area (TPSA) is 130 Å². The van der Waals surface area contributed by atoms with Gasteiger partial charge < -0.3 is 20.5 Å². The summed E-state index contributed by atoms with van der Waals surface area (Å²) < 4.78 is 62.7. The molecule has 278 valence electrons. The first-order valence-corrected chi connectivity index (χ1v) is 19.0. The van der Waals surface area contributed by atoms with Crippen LogP contribution in [-0.2, 0) is 14.4 Å². The van der Waals surface area contributed by atoms with Crippen LogP contribution in [0, 0.1) is 30.4 Å². The van der Waals surface area contributed by atoms with E-state index in [1.165, 1.54) is 36.4 Å². The fourth-order valence-corrected chi connectivity index (χ4v) is 5.80. The number of ether oxygens (including phenoxy) is 1. The largest absolute Gasteiger partial charge is 0.393 e. The molecule has 10 nitrogen and oxygen atoms in total. The molecule has 0 atom stereocenters. The van der Waals surface area contributed by atoms with Crippen LogP contribution in [-0.4, -0.2) is 48.9 Å². The molecular weight excluding hydrogens is 1050 g/mol. The van der Waals surface area contributed by atoms with E-state index in [-0.39, 0.29) is 56.0 Å². The number of hydrogen-bond donors (Lipinski definition) is 5. The van der Waals surface area contributed by atoms with Crippen molar-refractivity contribution in [1.29, 1.82) is 0 Å². The highest BCUT2D eigenvalue weighted by molar-refractivity contribution is 14.1. The third-order valence-corrected chi connectivity index (χ3v) is 9.72. The lowest BCUT2D eigenvalue weighted by atomic mass is 10.1. The van der Waals surface area contributed by atoms with Crippen LogP contribution in [0.5, 0.6) is 0 Å². The number of aliphatic hydroxyl groups excluding tert-OH is 1. The van der Waals surface area contributed by atoms with Crippen LogP contribution < -0.4 is 21.6 Å². The molecule has 0 aliphatic heterocycles. The molecule has 1 fully saturated rings. The van der Waals surface area contributed by atoms with E-state index in [1.807, 2.05) is 52.1 Å². The normalized spacial score (nSPS) is 12.7. The van der Waals surface area contributed by atoms with Gasteiger partial charge in [-0.25, -0.2) is 28.5 Å². The van der Waals surface area contributed by atoms with Crippen molar-refractivity contribution in [3.63, 3.8) is 0 Å². The molecule has 0 saturated heterocycles. The summed E-state index contributed by atoms with van der Waals surface area (Å²) in [4.78, 5) is 35.1. The summed E-state index contributed by atoms with van der Waals surface area (Å²) in [6, 6.07) is 13.8. The molecule has 0 aromatic heterocycles. The molecule has 0 bridgehead atoms. The van der Waals surface area contributed by atoms with Crippen molar-refractivity contribution in [2.24, 2.45) is 0 Å². The molecule has 2 amide bonds. The van der Waals surface area contributed by atoms with Crippen molar-refractivity contribution in [2.75, 3.05) is 37.1 Å². The van der Waals surface area contributed by atoms with Gasteiger partial charge in [0.05, 0.1) is 62.6 Å². The minimum Gasteiger partial charge on any atom is -0.393 e. The van der Waals surface area contributed by atoms with Gasteiger partial charge in [-0.1, -0.05) is 0 Å². The molecule has 18 heteroatoms. The summed E-state index contributed by atoms with van der Waals surface area (Å²) in [5.74, 6) is -3.48. The van der Waals surface area contributed by atoms with Crippen molar-refractivity contribution in [3.8, 4) is 0 Å². The van der Waals surface area contributed by atoms with Gasteiger partial charge in [0.25, 0.3) is 11.8 Å². The highest BCUT2D eigenvalue weighted by atomic mass is 127. The van der Waals surface area contributed by atoms with Crippen molar-refractivity contribution in [1.82, 2.24) is 11.0 Å². The zero-order valence-corrected chi connectivity index (χ0v) is 34.5. The summed E-state index contributed by atoms with van der Waals surface area (Å²) in [5.41, 5.74) is 4.36. The molecule has 1 aliphatic carbocycles. The number of hydrogen-bond acceptors (Lipinski definition) is 8. The monoisotopic (exact) mass is 1080 g/mol. The molecule has 1 saturated carbocycles. The molecule has 4 aromatic carbocycles. The zero-order chi connectivity index (χ0) is 38.0. The summed E-state index contributed by atoms with van der Waals surface area (Å²) in [6.07, 6.45) is 1.27. The Balaban J connectivity index is 0.000000233. The molecule has 1 aliphatic rings. The van der Waals surface area contributed by atoms with Crippen LogP contribution in [0.15, 0.2) is 69.6 Å². The first-order valence-electron chi connectivity index (χ1n) is 15.3. The van der Waals surface area contributed by atoms with Crippen LogP contribution in [0.2, 0.25) is 0 Å². The number of aliphatic hydroxyl groups is 1. The van der Waals surface area contributed by atoms with E-state index in [1.54, 1.807) is 12.1 Å². The number of hydroxylamine groups is 2. The Labute approximate surface area is 340 Å². The number of amides is 2. The van der Waals surface area contributed by atoms with Crippen molar-refractivity contribution < 1.29 is 46.7 Å². The van der Waals surface area contributed by atoms with Crippen LogP contribution in [0.4, 0.5) is 40.3 Å². The number of carbonyl (C=O) groups excluding carboxylic acids is 2. The molecule has 0 heterocycles. The molecule has 5 rings (SSSR count). The maximum absolute atomic E-state index is 14.1. The van der Waals surface area contributed by atoms with Crippen molar-refractivity contribution >= 4 is 112 Å². The number of nitrogens with one attached hydrogen (secondary N) is 4. The predicted molar refractivity (Wildman–Crippen MR) is 211 cm³/mol. The summed E-state index contributed by atoms with van der Waals surface area (Å²) in [6.45, 7) is 2.66. The first-order chi connectivity index (χ1) is 24.8. The van der Waals surface area contributed by atoms with E-state index >= 15 is 0 Å². The van der Waals surface area contributed by atoms with E-state index in [0.717, 1.165) is 12.1 Å². The minimum atomic E-state index is -0.747. The average molecular weight is 1080 g/mol. The van der Waals surface area contributed by atoms with E-state index in [0.29, 0.717) is 33.2 Å². The molecule has 4 aromatic rings. The fourth-order valence-electron chi connectivity index (χ4n) is 4.21. The Hall–Kier alpha value is -2.60. The standard InChI is InChI=1S/C17H14BrF2IN2O3.C17H16BrF2IN2O3/c18-11-6-10(16(25)23-26-17(8-24)3-4-17)15(7-12(11)19)22-14-2-1-9(21)5-13(14)20;1-2-25-5-6-26-23-17(24)11-8-12(18)13(19)9-16(11)22-15-4-3-10(21)7-14(15)20/h1-2,5-7,22,24H,3-4,8H2,(H,23,25);3-4,7-9,22H,2,5-6H2,1H3,(H,23,24). The minimum absolute atomic E-state index is 0.0602. The molecule has 5 N–H and O–H groups in total. The average Bonchev–Trinajstić information content (AvgIpc) is 3.89.